The van der Waals surface area contributed by atoms with E-state index in [4.69, 9.17) is 0 Å². The van der Waals surface area contributed by atoms with Gasteiger partial charge in [-0.3, -0.25) is 4.79 Å². The third kappa shape index (κ3) is 3.85. The number of rotatable bonds is 5. The molecule has 0 heterocycles. The van der Waals surface area contributed by atoms with Crippen LogP contribution in [0, 0.1) is 6.92 Å². The van der Waals surface area contributed by atoms with Gasteiger partial charge < -0.3 is 15.4 Å². The Bertz CT molecular complexity index is 444. The molecular weight excluding hydrogens is 232 g/mol. The summed E-state index contributed by atoms with van der Waals surface area (Å²) in [7, 11) is 3.12. The lowest BCUT2D eigenvalue weighted by atomic mass is 10.1. The van der Waals surface area contributed by atoms with Gasteiger partial charge in [-0.1, -0.05) is 6.07 Å². The lowest BCUT2D eigenvalue weighted by Gasteiger charge is -2.08. The number of hydrogen-bond donors (Lipinski definition) is 2. The van der Waals surface area contributed by atoms with E-state index in [1.165, 1.54) is 7.11 Å². The molecule has 0 atom stereocenters. The monoisotopic (exact) mass is 250 g/mol. The second-order valence-corrected chi connectivity index (χ2v) is 3.92. The molecule has 0 aliphatic rings. The molecule has 2 N–H and O–H groups in total. The van der Waals surface area contributed by atoms with Gasteiger partial charge in [0.05, 0.1) is 12.7 Å². The molecule has 0 aliphatic heterocycles. The Morgan fingerprint density at radius 1 is 1.33 bits per heavy atom. The van der Waals surface area contributed by atoms with Crippen LogP contribution in [0.3, 0.4) is 0 Å². The summed E-state index contributed by atoms with van der Waals surface area (Å²) in [5.74, 6) is -0.497. The number of nitrogens with one attached hydrogen (secondary N) is 2. The van der Waals surface area contributed by atoms with Gasteiger partial charge in [-0.25, -0.2) is 4.79 Å². The van der Waals surface area contributed by atoms with Crippen molar-refractivity contribution in [1.29, 1.82) is 0 Å². The molecule has 0 saturated heterocycles. The van der Waals surface area contributed by atoms with Gasteiger partial charge in [0.15, 0.2) is 0 Å². The molecule has 0 fully saturated rings. The molecular formula is C13H18N2O3. The molecule has 0 spiro atoms. The number of carbonyl (C=O) groups is 2. The van der Waals surface area contributed by atoms with Gasteiger partial charge in [0.2, 0.25) is 5.91 Å². The molecule has 0 radical (unpaired) electrons. The van der Waals surface area contributed by atoms with Crippen molar-refractivity contribution in [2.75, 3.05) is 26.0 Å². The van der Waals surface area contributed by atoms with Crippen LogP contribution in [0.15, 0.2) is 18.2 Å². The van der Waals surface area contributed by atoms with Crippen LogP contribution in [-0.2, 0) is 9.53 Å². The molecule has 0 unspecified atom stereocenters. The van der Waals surface area contributed by atoms with Crippen molar-refractivity contribution in [2.24, 2.45) is 0 Å². The molecule has 0 aliphatic carbocycles. The van der Waals surface area contributed by atoms with Crippen LogP contribution in [0.5, 0.6) is 0 Å². The van der Waals surface area contributed by atoms with Crippen LogP contribution in [0.1, 0.15) is 22.3 Å². The van der Waals surface area contributed by atoms with Crippen LogP contribution >= 0.6 is 0 Å². The summed E-state index contributed by atoms with van der Waals surface area (Å²) >= 11 is 0. The maximum absolute atomic E-state index is 11.5. The highest BCUT2D eigenvalue weighted by atomic mass is 16.5. The number of esters is 1. The highest BCUT2D eigenvalue weighted by Crippen LogP contribution is 2.16. The summed E-state index contributed by atoms with van der Waals surface area (Å²) in [6.07, 6.45) is 0.387. The molecule has 1 rings (SSSR count). The lowest BCUT2D eigenvalue weighted by Crippen LogP contribution is -2.19. The number of hydrogen-bond acceptors (Lipinski definition) is 4. The Kier molecular flexibility index (Phi) is 5.32. The van der Waals surface area contributed by atoms with Crippen LogP contribution in [0.4, 0.5) is 5.69 Å². The summed E-state index contributed by atoms with van der Waals surface area (Å²) in [6, 6.07) is 5.16. The summed E-state index contributed by atoms with van der Waals surface area (Å²) < 4.78 is 4.68. The fraction of sp³-hybridized carbons (Fsp3) is 0.385. The Hall–Kier alpha value is -1.88. The number of anilines is 1. The number of benzene rings is 1. The Labute approximate surface area is 107 Å². The van der Waals surface area contributed by atoms with Gasteiger partial charge in [0.1, 0.15) is 0 Å². The van der Waals surface area contributed by atoms with Crippen molar-refractivity contribution in [2.45, 2.75) is 13.3 Å². The summed E-state index contributed by atoms with van der Waals surface area (Å²) in [6.45, 7) is 2.43. The minimum absolute atomic E-state index is 0.0935. The van der Waals surface area contributed by atoms with E-state index in [1.54, 1.807) is 25.2 Å². The van der Waals surface area contributed by atoms with E-state index in [1.807, 2.05) is 6.92 Å². The maximum atomic E-state index is 11.5. The van der Waals surface area contributed by atoms with Gasteiger partial charge in [0, 0.05) is 18.7 Å². The quantitative estimate of drug-likeness (QED) is 0.774. The zero-order valence-electron chi connectivity index (χ0n) is 10.9. The molecule has 5 heteroatoms. The highest BCUT2D eigenvalue weighted by molar-refractivity contribution is 5.95. The SMILES string of the molecule is CNCCC(=O)Nc1ccc(C)c(C(=O)OC)c1. The standard InChI is InChI=1S/C13H18N2O3/c1-9-4-5-10(8-11(9)13(17)18-3)15-12(16)6-7-14-2/h4-5,8,14H,6-7H2,1-3H3,(H,15,16). The third-order valence-corrected chi connectivity index (χ3v) is 2.53. The lowest BCUT2D eigenvalue weighted by molar-refractivity contribution is -0.116. The Balaban J connectivity index is 2.79. The van der Waals surface area contributed by atoms with E-state index in [9.17, 15) is 9.59 Å². The molecule has 5 nitrogen and oxygen atoms in total. The maximum Gasteiger partial charge on any atom is 0.338 e. The van der Waals surface area contributed by atoms with E-state index in [0.29, 0.717) is 24.2 Å². The average Bonchev–Trinajstić information content (AvgIpc) is 2.37. The van der Waals surface area contributed by atoms with Gasteiger partial charge in [0.25, 0.3) is 0 Å². The first kappa shape index (κ1) is 14.2. The van der Waals surface area contributed by atoms with Gasteiger partial charge in [-0.15, -0.1) is 0 Å². The van der Waals surface area contributed by atoms with Crippen LogP contribution in [-0.4, -0.2) is 32.6 Å². The van der Waals surface area contributed by atoms with Crippen molar-refractivity contribution >= 4 is 17.6 Å². The predicted molar refractivity (Wildman–Crippen MR) is 69.7 cm³/mol. The van der Waals surface area contributed by atoms with Crippen molar-refractivity contribution in [1.82, 2.24) is 5.32 Å². The smallest absolute Gasteiger partial charge is 0.338 e. The molecule has 1 aromatic carbocycles. The van der Waals surface area contributed by atoms with Gasteiger partial charge >= 0.3 is 5.97 Å². The van der Waals surface area contributed by atoms with E-state index in [-0.39, 0.29) is 5.91 Å². The normalized spacial score (nSPS) is 9.94. The molecule has 0 saturated carbocycles. The zero-order chi connectivity index (χ0) is 13.5. The Morgan fingerprint density at radius 3 is 2.67 bits per heavy atom. The first-order valence-electron chi connectivity index (χ1n) is 5.72. The molecule has 0 bridgehead atoms. The molecule has 18 heavy (non-hydrogen) atoms. The van der Waals surface area contributed by atoms with Gasteiger partial charge in [-0.05, 0) is 31.7 Å². The minimum atomic E-state index is -0.404. The van der Waals surface area contributed by atoms with Crippen molar-refractivity contribution in [3.8, 4) is 0 Å². The van der Waals surface area contributed by atoms with Crippen molar-refractivity contribution < 1.29 is 14.3 Å². The first-order chi connectivity index (χ1) is 8.58. The molecule has 98 valence electrons. The van der Waals surface area contributed by atoms with Crippen LogP contribution in [0.25, 0.3) is 0 Å². The predicted octanol–water partition coefficient (Wildman–Crippen LogP) is 1.33. The van der Waals surface area contributed by atoms with Crippen LogP contribution < -0.4 is 10.6 Å². The van der Waals surface area contributed by atoms with Crippen molar-refractivity contribution in [3.63, 3.8) is 0 Å². The number of ether oxygens (including phenoxy) is 1. The van der Waals surface area contributed by atoms with E-state index < -0.39 is 5.97 Å². The number of carbonyl (C=O) groups excluding carboxylic acids is 2. The summed E-state index contributed by atoms with van der Waals surface area (Å²) in [5.41, 5.74) is 1.88. The van der Waals surface area contributed by atoms with Crippen LogP contribution in [0.2, 0.25) is 0 Å². The molecule has 1 aromatic rings. The summed E-state index contributed by atoms with van der Waals surface area (Å²) in [4.78, 5) is 23.0. The number of amides is 1. The minimum Gasteiger partial charge on any atom is -0.465 e. The average molecular weight is 250 g/mol. The van der Waals surface area contributed by atoms with Gasteiger partial charge in [-0.2, -0.15) is 0 Å². The zero-order valence-corrected chi connectivity index (χ0v) is 10.9. The van der Waals surface area contributed by atoms with E-state index in [0.717, 1.165) is 5.56 Å². The fourth-order valence-electron chi connectivity index (χ4n) is 1.49. The third-order valence-electron chi connectivity index (χ3n) is 2.53. The highest BCUT2D eigenvalue weighted by Gasteiger charge is 2.10. The van der Waals surface area contributed by atoms with Crippen molar-refractivity contribution in [3.05, 3.63) is 29.3 Å². The topological polar surface area (TPSA) is 67.4 Å². The second kappa shape index (κ2) is 6.76. The first-order valence-corrected chi connectivity index (χ1v) is 5.72. The molecule has 1 amide bonds. The number of aryl methyl sites for hydroxylation is 1. The Morgan fingerprint density at radius 2 is 2.06 bits per heavy atom. The number of methoxy groups -OCH3 is 1. The fourth-order valence-corrected chi connectivity index (χ4v) is 1.49. The second-order valence-electron chi connectivity index (χ2n) is 3.92. The molecule has 0 aromatic heterocycles. The van der Waals surface area contributed by atoms with E-state index in [2.05, 4.69) is 15.4 Å². The van der Waals surface area contributed by atoms with E-state index >= 15 is 0 Å². The summed E-state index contributed by atoms with van der Waals surface area (Å²) in [5, 5.41) is 5.63. The largest absolute Gasteiger partial charge is 0.465 e.